The summed E-state index contributed by atoms with van der Waals surface area (Å²) in [6.45, 7) is 0. The Bertz CT molecular complexity index is 671. The van der Waals surface area contributed by atoms with E-state index >= 15 is 0 Å². The first-order valence-electron chi connectivity index (χ1n) is 6.33. The predicted molar refractivity (Wildman–Crippen MR) is 80.0 cm³/mol. The maximum atomic E-state index is 13.0. The van der Waals surface area contributed by atoms with Gasteiger partial charge in [-0.1, -0.05) is 35.9 Å². The molecule has 1 aliphatic heterocycles. The molecule has 0 fully saturated rings. The molecule has 2 aromatic carbocycles. The molecule has 1 heterocycles. The van der Waals surface area contributed by atoms with Gasteiger partial charge in [-0.15, -0.1) is 11.8 Å². The number of hydrogen-bond acceptors (Lipinski definition) is 2. The van der Waals surface area contributed by atoms with Crippen LogP contribution in [-0.4, -0.2) is 11.5 Å². The fraction of sp³-hybridized carbons (Fsp3) is 0.188. The van der Waals surface area contributed by atoms with Gasteiger partial charge in [0.15, 0.2) is 0 Å². The van der Waals surface area contributed by atoms with Gasteiger partial charge in [-0.3, -0.25) is 4.79 Å². The zero-order valence-corrected chi connectivity index (χ0v) is 12.2. The number of thioether (sulfide) groups is 1. The van der Waals surface area contributed by atoms with E-state index in [2.05, 4.69) is 0 Å². The van der Waals surface area contributed by atoms with Crippen molar-refractivity contribution in [1.82, 2.24) is 0 Å². The molecule has 4 heteroatoms. The van der Waals surface area contributed by atoms with Gasteiger partial charge in [0, 0.05) is 22.1 Å². The van der Waals surface area contributed by atoms with Gasteiger partial charge in [0.1, 0.15) is 11.6 Å². The van der Waals surface area contributed by atoms with E-state index in [1.807, 2.05) is 24.3 Å². The lowest BCUT2D eigenvalue weighted by Crippen LogP contribution is -2.15. The van der Waals surface area contributed by atoms with Crippen LogP contribution >= 0.6 is 23.4 Å². The van der Waals surface area contributed by atoms with E-state index in [1.165, 1.54) is 17.0 Å². The van der Waals surface area contributed by atoms with Gasteiger partial charge < -0.3 is 0 Å². The topological polar surface area (TPSA) is 17.1 Å². The molecule has 0 N–H and O–H groups in total. The maximum Gasteiger partial charge on any atom is 0.145 e. The minimum atomic E-state index is -0.382. The Hall–Kier alpha value is -1.32. The summed E-state index contributed by atoms with van der Waals surface area (Å²) in [5, 5.41) is 0.317. The molecule has 0 amide bonds. The van der Waals surface area contributed by atoms with Crippen LogP contribution in [0.4, 0.5) is 4.39 Å². The molecule has 20 heavy (non-hydrogen) atoms. The Morgan fingerprint density at radius 2 is 2.10 bits per heavy atom. The number of halogens is 2. The standard InChI is InChI=1S/C16H12ClFOS/c17-14-8-11(18)6-5-10(14)7-15(19)13-9-20-16-4-2-1-3-12(13)16/h1-6,8,13H,7,9H2. The summed E-state index contributed by atoms with van der Waals surface area (Å²) in [5.74, 6) is 0.443. The Labute approximate surface area is 126 Å². The third-order valence-electron chi connectivity index (χ3n) is 3.47. The van der Waals surface area contributed by atoms with Crippen LogP contribution in [0.1, 0.15) is 17.0 Å². The Balaban J connectivity index is 1.81. The molecule has 0 saturated heterocycles. The van der Waals surface area contributed by atoms with E-state index in [0.29, 0.717) is 10.6 Å². The highest BCUT2D eigenvalue weighted by Crippen LogP contribution is 2.40. The molecule has 102 valence electrons. The fourth-order valence-electron chi connectivity index (χ4n) is 2.41. The van der Waals surface area contributed by atoms with Gasteiger partial charge in [-0.25, -0.2) is 4.39 Å². The molecular weight excluding hydrogens is 295 g/mol. The number of Topliss-reactive ketones (excluding diaryl/α,β-unsaturated/α-hetero) is 1. The van der Waals surface area contributed by atoms with Gasteiger partial charge >= 0.3 is 0 Å². The molecular formula is C16H12ClFOS. The second-order valence-electron chi connectivity index (χ2n) is 4.78. The second kappa shape index (κ2) is 5.58. The van der Waals surface area contributed by atoms with E-state index in [-0.39, 0.29) is 23.9 Å². The molecule has 0 aromatic heterocycles. The first kappa shape index (κ1) is 13.7. The number of hydrogen-bond donors (Lipinski definition) is 0. The molecule has 0 spiro atoms. The number of fused-ring (bicyclic) bond motifs is 1. The van der Waals surface area contributed by atoms with Gasteiger partial charge in [0.25, 0.3) is 0 Å². The number of carbonyl (C=O) groups is 1. The molecule has 1 nitrogen and oxygen atoms in total. The summed E-state index contributed by atoms with van der Waals surface area (Å²) in [4.78, 5) is 13.6. The van der Waals surface area contributed by atoms with Crippen LogP contribution in [0.25, 0.3) is 0 Å². The highest BCUT2D eigenvalue weighted by molar-refractivity contribution is 7.99. The fourth-order valence-corrected chi connectivity index (χ4v) is 3.90. The van der Waals surface area contributed by atoms with Crippen molar-refractivity contribution in [2.45, 2.75) is 17.2 Å². The van der Waals surface area contributed by atoms with Crippen LogP contribution in [0.15, 0.2) is 47.4 Å². The maximum absolute atomic E-state index is 13.0. The number of ketones is 1. The molecule has 0 saturated carbocycles. The summed E-state index contributed by atoms with van der Waals surface area (Å²) in [7, 11) is 0. The van der Waals surface area contributed by atoms with Crippen molar-refractivity contribution in [3.8, 4) is 0 Å². The Morgan fingerprint density at radius 1 is 1.30 bits per heavy atom. The number of rotatable bonds is 3. The van der Waals surface area contributed by atoms with Crippen molar-refractivity contribution in [2.24, 2.45) is 0 Å². The monoisotopic (exact) mass is 306 g/mol. The highest BCUT2D eigenvalue weighted by atomic mass is 35.5. The van der Waals surface area contributed by atoms with E-state index in [0.717, 1.165) is 11.3 Å². The van der Waals surface area contributed by atoms with Crippen LogP contribution in [0.2, 0.25) is 5.02 Å². The third-order valence-corrected chi connectivity index (χ3v) is 5.00. The third kappa shape index (κ3) is 2.60. The van der Waals surface area contributed by atoms with Crippen molar-refractivity contribution in [3.05, 3.63) is 64.4 Å². The zero-order valence-electron chi connectivity index (χ0n) is 10.6. The molecule has 2 aromatic rings. The van der Waals surface area contributed by atoms with Gasteiger partial charge in [0.05, 0.1) is 5.92 Å². The lowest BCUT2D eigenvalue weighted by atomic mass is 9.93. The number of carbonyl (C=O) groups excluding carboxylic acids is 1. The van der Waals surface area contributed by atoms with Crippen LogP contribution in [0.3, 0.4) is 0 Å². The van der Waals surface area contributed by atoms with Crippen LogP contribution in [0.5, 0.6) is 0 Å². The highest BCUT2D eigenvalue weighted by Gasteiger charge is 2.28. The van der Waals surface area contributed by atoms with Crippen LogP contribution < -0.4 is 0 Å². The molecule has 1 atom stereocenters. The molecule has 0 radical (unpaired) electrons. The van der Waals surface area contributed by atoms with Crippen molar-refractivity contribution >= 4 is 29.1 Å². The van der Waals surface area contributed by atoms with Crippen molar-refractivity contribution in [1.29, 1.82) is 0 Å². The smallest absolute Gasteiger partial charge is 0.145 e. The predicted octanol–water partition coefficient (Wildman–Crippen LogP) is 4.48. The minimum Gasteiger partial charge on any atom is -0.299 e. The lowest BCUT2D eigenvalue weighted by Gasteiger charge is -2.10. The van der Waals surface area contributed by atoms with Crippen molar-refractivity contribution in [2.75, 3.05) is 5.75 Å². The number of benzene rings is 2. The Morgan fingerprint density at radius 3 is 2.90 bits per heavy atom. The summed E-state index contributed by atoms with van der Waals surface area (Å²) in [6, 6.07) is 12.2. The normalized spacial score (nSPS) is 17.0. The Kier molecular flexibility index (Phi) is 3.81. The second-order valence-corrected chi connectivity index (χ2v) is 6.25. The summed E-state index contributed by atoms with van der Waals surface area (Å²) in [6.07, 6.45) is 0.249. The van der Waals surface area contributed by atoms with Crippen LogP contribution in [-0.2, 0) is 11.2 Å². The van der Waals surface area contributed by atoms with Crippen molar-refractivity contribution < 1.29 is 9.18 Å². The first-order chi connectivity index (χ1) is 9.65. The summed E-state index contributed by atoms with van der Waals surface area (Å²) >= 11 is 7.69. The summed E-state index contributed by atoms with van der Waals surface area (Å²) < 4.78 is 13.0. The molecule has 3 rings (SSSR count). The molecule has 1 unspecified atom stereocenters. The van der Waals surface area contributed by atoms with Crippen LogP contribution in [0, 0.1) is 5.82 Å². The first-order valence-corrected chi connectivity index (χ1v) is 7.70. The average molecular weight is 307 g/mol. The molecule has 0 aliphatic carbocycles. The lowest BCUT2D eigenvalue weighted by molar-refractivity contribution is -0.119. The van der Waals surface area contributed by atoms with E-state index in [1.54, 1.807) is 17.8 Å². The largest absolute Gasteiger partial charge is 0.299 e. The van der Waals surface area contributed by atoms with Gasteiger partial charge in [-0.05, 0) is 29.3 Å². The zero-order chi connectivity index (χ0) is 14.1. The van der Waals surface area contributed by atoms with E-state index < -0.39 is 0 Å². The van der Waals surface area contributed by atoms with Gasteiger partial charge in [-0.2, -0.15) is 0 Å². The van der Waals surface area contributed by atoms with E-state index in [9.17, 15) is 9.18 Å². The average Bonchev–Trinajstić information content (AvgIpc) is 2.86. The molecule has 0 bridgehead atoms. The minimum absolute atomic E-state index is 0.0858. The summed E-state index contributed by atoms with van der Waals surface area (Å²) in [5.41, 5.74) is 1.79. The van der Waals surface area contributed by atoms with Crippen molar-refractivity contribution in [3.63, 3.8) is 0 Å². The van der Waals surface area contributed by atoms with Gasteiger partial charge in [0.2, 0.25) is 0 Å². The quantitative estimate of drug-likeness (QED) is 0.831. The van der Waals surface area contributed by atoms with E-state index in [4.69, 9.17) is 11.6 Å². The molecule has 1 aliphatic rings. The SMILES string of the molecule is O=C(Cc1ccc(F)cc1Cl)C1CSc2ccccc21.